The number of hydrogen-bond donors (Lipinski definition) is 4. The number of carboxylic acid groups (broad SMARTS) is 2. The number of pyridine rings is 4. The Labute approximate surface area is 420 Å². The molecule has 388 valence electrons. The molecule has 17 heteroatoms. The summed E-state index contributed by atoms with van der Waals surface area (Å²) in [6, 6.07) is 10.9. The summed E-state index contributed by atoms with van der Waals surface area (Å²) in [4.78, 5) is 48.0. The number of likely N-dealkylation sites (tertiary alicyclic amines) is 2. The van der Waals surface area contributed by atoms with Crippen LogP contribution in [0.5, 0.6) is 0 Å². The maximum absolute atomic E-state index is 15.8. The van der Waals surface area contributed by atoms with Gasteiger partial charge in [-0.1, -0.05) is 24.3 Å². The summed E-state index contributed by atoms with van der Waals surface area (Å²) in [5, 5.41) is 27.9. The van der Waals surface area contributed by atoms with E-state index in [0.29, 0.717) is 67.5 Å². The van der Waals surface area contributed by atoms with E-state index in [-0.39, 0.29) is 64.4 Å². The molecule has 0 aromatic carbocycles. The van der Waals surface area contributed by atoms with Crippen molar-refractivity contribution < 1.29 is 42.1 Å². The Balaban J connectivity index is 0.782. The van der Waals surface area contributed by atoms with E-state index in [9.17, 15) is 19.8 Å². The number of hydrogen-bond acceptors (Lipinski definition) is 11. The lowest BCUT2D eigenvalue weighted by Gasteiger charge is -2.28. The fraction of sp³-hybridized carbons (Fsp3) is 0.600. The number of ether oxygens (including phenoxy) is 1. The van der Waals surface area contributed by atoms with Crippen molar-refractivity contribution in [2.75, 3.05) is 49.9 Å². The minimum absolute atomic E-state index is 0.0348. The number of halogens is 4. The van der Waals surface area contributed by atoms with Crippen LogP contribution in [0.2, 0.25) is 0 Å². The topological polar surface area (TPSA) is 166 Å². The van der Waals surface area contributed by atoms with Crippen molar-refractivity contribution in [2.45, 2.75) is 159 Å². The minimum atomic E-state index is -2.96. The smallest absolute Gasteiger partial charge is 0.325 e. The Morgan fingerprint density at radius 2 is 1.31 bits per heavy atom. The first kappa shape index (κ1) is 51.6. The molecule has 5 aliphatic rings. The van der Waals surface area contributed by atoms with Crippen molar-refractivity contribution in [1.82, 2.24) is 29.7 Å². The first-order valence-electron chi connectivity index (χ1n) is 26.4. The van der Waals surface area contributed by atoms with Crippen LogP contribution < -0.4 is 10.6 Å². The third kappa shape index (κ3) is 12.6. The van der Waals surface area contributed by atoms with E-state index in [0.717, 1.165) is 80.2 Å². The predicted octanol–water partition coefficient (Wildman–Crippen LogP) is 10.00. The number of aromatic nitrogens is 4. The SMILES string of the molecule is CC(Cc1cnc(C2CC2)c([C@H](C(=O)O)N2CC[C@@H](C(F)(F)CCCCc3ccc4c(n3)NCCC4)C2)c1)OCc1ncccc1[C@@H](C(=O)O)N1CC[C@@H](C(F)(F)CCCCc2ccc3c(n2)NCCC3)C1. The summed E-state index contributed by atoms with van der Waals surface area (Å²) in [5.41, 5.74) is 6.87. The molecule has 0 spiro atoms. The lowest BCUT2D eigenvalue weighted by atomic mass is 9.94. The van der Waals surface area contributed by atoms with E-state index in [1.54, 1.807) is 34.3 Å². The molecule has 8 heterocycles. The average Bonchev–Trinajstić information content (AvgIpc) is 3.87. The molecule has 72 heavy (non-hydrogen) atoms. The van der Waals surface area contributed by atoms with E-state index < -0.39 is 53.8 Å². The van der Waals surface area contributed by atoms with Crippen LogP contribution in [0.4, 0.5) is 29.2 Å². The monoisotopic (exact) mass is 999 g/mol. The highest BCUT2D eigenvalue weighted by atomic mass is 19.3. The summed E-state index contributed by atoms with van der Waals surface area (Å²) < 4.78 is 69.4. The Morgan fingerprint density at radius 3 is 1.85 bits per heavy atom. The van der Waals surface area contributed by atoms with E-state index in [1.807, 2.05) is 25.1 Å². The van der Waals surface area contributed by atoms with Gasteiger partial charge >= 0.3 is 11.9 Å². The van der Waals surface area contributed by atoms with Crippen LogP contribution in [0.25, 0.3) is 0 Å². The Hall–Kier alpha value is -5.26. The van der Waals surface area contributed by atoms with Crippen LogP contribution in [0, 0.1) is 11.8 Å². The molecular formula is C55H70F4N8O5. The van der Waals surface area contributed by atoms with Gasteiger partial charge in [0, 0.05) is 97.4 Å². The number of unbranched alkanes of at least 4 members (excludes halogenated alkanes) is 2. The molecule has 4 aromatic rings. The molecule has 0 radical (unpaired) electrons. The van der Waals surface area contributed by atoms with Crippen LogP contribution in [0.3, 0.4) is 0 Å². The fourth-order valence-electron chi connectivity index (χ4n) is 11.5. The van der Waals surface area contributed by atoms with Crippen molar-refractivity contribution in [1.29, 1.82) is 0 Å². The standard InChI is InChI=1S/C55H70F4N8O5/c1-35(72-34-46-44(13-8-24-60-46)48(52(68)69)66-27-20-40(32-66)54(56,57)22-4-2-11-42-18-16-38-9-6-25-61-50(38)64-42)29-36-30-45(47(63-31-36)37-14-15-37)49(53(70)71)67-28-21-41(33-67)55(58,59)23-5-3-12-43-19-17-39-10-7-26-62-51(39)65-43/h8,13,16-19,24,30-31,35,37,40-41,48-49H,2-7,9-12,14-15,20-23,25-29,32-34H2,1H3,(H,61,64)(H,62,65)(H,68,69)(H,70,71)/t35?,40-,41-,48+,49-/m1/s1. The van der Waals surface area contributed by atoms with Crippen LogP contribution in [-0.4, -0.2) is 109 Å². The number of carboxylic acids is 2. The van der Waals surface area contributed by atoms with Gasteiger partial charge in [0.05, 0.1) is 18.4 Å². The third-order valence-corrected chi connectivity index (χ3v) is 15.6. The van der Waals surface area contributed by atoms with Crippen LogP contribution >= 0.6 is 0 Å². The van der Waals surface area contributed by atoms with Crippen molar-refractivity contribution >= 4 is 23.6 Å². The van der Waals surface area contributed by atoms with Gasteiger partial charge in [-0.2, -0.15) is 0 Å². The molecule has 2 saturated heterocycles. The van der Waals surface area contributed by atoms with Gasteiger partial charge in [-0.25, -0.2) is 27.5 Å². The second-order valence-corrected chi connectivity index (χ2v) is 21.0. The predicted molar refractivity (Wildman–Crippen MR) is 266 cm³/mol. The van der Waals surface area contributed by atoms with Gasteiger partial charge in [-0.05, 0) is 151 Å². The van der Waals surface area contributed by atoms with Gasteiger partial charge in [0.1, 0.15) is 23.7 Å². The number of alkyl halides is 4. The largest absolute Gasteiger partial charge is 0.480 e. The number of fused-ring (bicyclic) bond motifs is 2. The number of nitrogens with zero attached hydrogens (tertiary/aromatic N) is 6. The highest BCUT2D eigenvalue weighted by Crippen LogP contribution is 2.46. The van der Waals surface area contributed by atoms with E-state index in [1.165, 1.54) is 11.1 Å². The second kappa shape index (κ2) is 22.9. The van der Waals surface area contributed by atoms with Crippen LogP contribution in [0.15, 0.2) is 54.9 Å². The van der Waals surface area contributed by atoms with Crippen molar-refractivity contribution in [3.8, 4) is 0 Å². The van der Waals surface area contributed by atoms with Crippen molar-refractivity contribution in [3.05, 3.63) is 105 Å². The van der Waals surface area contributed by atoms with E-state index in [4.69, 9.17) is 19.7 Å². The lowest BCUT2D eigenvalue weighted by molar-refractivity contribution is -0.144. The molecule has 1 unspecified atom stereocenters. The molecule has 3 fully saturated rings. The number of carbonyl (C=O) groups is 2. The normalized spacial score (nSPS) is 20.8. The van der Waals surface area contributed by atoms with E-state index >= 15 is 17.6 Å². The zero-order valence-corrected chi connectivity index (χ0v) is 41.4. The fourth-order valence-corrected chi connectivity index (χ4v) is 11.5. The van der Waals surface area contributed by atoms with Crippen molar-refractivity contribution in [2.24, 2.45) is 11.8 Å². The number of aliphatic carboxylic acids is 2. The van der Waals surface area contributed by atoms with Crippen LogP contribution in [-0.2, 0) is 53.0 Å². The summed E-state index contributed by atoms with van der Waals surface area (Å²) >= 11 is 0. The Bertz CT molecular complexity index is 2530. The first-order valence-corrected chi connectivity index (χ1v) is 26.4. The summed E-state index contributed by atoms with van der Waals surface area (Å²) in [5.74, 6) is -8.21. The molecule has 0 bridgehead atoms. The first-order chi connectivity index (χ1) is 34.7. The zero-order valence-electron chi connectivity index (χ0n) is 41.4. The molecule has 5 atom stereocenters. The lowest BCUT2D eigenvalue weighted by Crippen LogP contribution is -2.36. The number of rotatable bonds is 24. The van der Waals surface area contributed by atoms with Gasteiger partial charge in [0.25, 0.3) is 11.8 Å². The molecule has 1 aliphatic carbocycles. The second-order valence-electron chi connectivity index (χ2n) is 21.0. The van der Waals surface area contributed by atoms with Gasteiger partial charge in [-0.3, -0.25) is 29.4 Å². The molecule has 0 amide bonds. The third-order valence-electron chi connectivity index (χ3n) is 15.6. The number of nitrogens with one attached hydrogen (secondary N) is 2. The molecule has 4 N–H and O–H groups in total. The van der Waals surface area contributed by atoms with Gasteiger partial charge in [0.2, 0.25) is 0 Å². The van der Waals surface area contributed by atoms with Crippen molar-refractivity contribution in [3.63, 3.8) is 0 Å². The minimum Gasteiger partial charge on any atom is -0.480 e. The molecule has 1 saturated carbocycles. The van der Waals surface area contributed by atoms with Gasteiger partial charge in [0.15, 0.2) is 0 Å². The number of anilines is 2. The summed E-state index contributed by atoms with van der Waals surface area (Å²) in [7, 11) is 0. The molecule has 4 aromatic heterocycles. The molecule has 13 nitrogen and oxygen atoms in total. The molecular weight excluding hydrogens is 929 g/mol. The molecule has 9 rings (SSSR count). The summed E-state index contributed by atoms with van der Waals surface area (Å²) in [6.07, 6.45) is 11.9. The average molecular weight is 999 g/mol. The zero-order chi connectivity index (χ0) is 50.4. The van der Waals surface area contributed by atoms with E-state index in [2.05, 4.69) is 27.8 Å². The highest BCUT2D eigenvalue weighted by molar-refractivity contribution is 5.77. The Morgan fingerprint density at radius 1 is 0.750 bits per heavy atom. The summed E-state index contributed by atoms with van der Waals surface area (Å²) in [6.45, 7) is 3.90. The maximum atomic E-state index is 15.8. The quantitative estimate of drug-likeness (QED) is 0.0388. The van der Waals surface area contributed by atoms with Gasteiger partial charge < -0.3 is 25.6 Å². The number of aryl methyl sites for hydroxylation is 4. The Kier molecular flexibility index (Phi) is 16.4. The maximum Gasteiger partial charge on any atom is 0.325 e. The molecule has 4 aliphatic heterocycles. The van der Waals surface area contributed by atoms with Gasteiger partial charge in [-0.15, -0.1) is 0 Å². The highest BCUT2D eigenvalue weighted by Gasteiger charge is 2.48. The van der Waals surface area contributed by atoms with Crippen LogP contribution in [0.1, 0.15) is 153 Å².